The van der Waals surface area contributed by atoms with Crippen molar-refractivity contribution in [2.45, 2.75) is 44.9 Å². The molecule has 18 heavy (non-hydrogen) atoms. The van der Waals surface area contributed by atoms with Crippen LogP contribution in [0.5, 0.6) is 5.88 Å². The average Bonchev–Trinajstić information content (AvgIpc) is 2.35. The summed E-state index contributed by atoms with van der Waals surface area (Å²) in [4.78, 5) is 4.20. The highest BCUT2D eigenvalue weighted by Crippen LogP contribution is 2.24. The molecule has 0 spiro atoms. The van der Waals surface area contributed by atoms with Gasteiger partial charge in [-0.25, -0.2) is 4.98 Å². The minimum absolute atomic E-state index is 0.0189. The fraction of sp³-hybridized carbons (Fsp3) is 0.643. The standard InChI is InChI=1S/C14H22N2O2/c1-14(2)9-12(6-8-18-14)16-10-11-5-4-7-15-13(11)17-3/h4-5,7,12,16H,6,8-10H2,1-3H3. The highest BCUT2D eigenvalue weighted by molar-refractivity contribution is 5.25. The second kappa shape index (κ2) is 5.67. The van der Waals surface area contributed by atoms with Gasteiger partial charge in [-0.15, -0.1) is 0 Å². The molecule has 100 valence electrons. The van der Waals surface area contributed by atoms with E-state index in [0.717, 1.165) is 31.6 Å². The molecule has 0 bridgehead atoms. The van der Waals surface area contributed by atoms with Gasteiger partial charge in [0.1, 0.15) is 0 Å². The summed E-state index contributed by atoms with van der Waals surface area (Å²) in [5.74, 6) is 0.705. The number of nitrogens with one attached hydrogen (secondary N) is 1. The number of rotatable bonds is 4. The van der Waals surface area contributed by atoms with Crippen LogP contribution in [0.2, 0.25) is 0 Å². The Morgan fingerprint density at radius 2 is 2.39 bits per heavy atom. The number of nitrogens with zero attached hydrogens (tertiary/aromatic N) is 1. The third-order valence-electron chi connectivity index (χ3n) is 3.32. The monoisotopic (exact) mass is 250 g/mol. The van der Waals surface area contributed by atoms with Crippen LogP contribution in [0.3, 0.4) is 0 Å². The molecule has 0 amide bonds. The molecule has 1 unspecified atom stereocenters. The van der Waals surface area contributed by atoms with Crippen molar-refractivity contribution in [1.29, 1.82) is 0 Å². The van der Waals surface area contributed by atoms with E-state index in [1.807, 2.05) is 12.1 Å². The van der Waals surface area contributed by atoms with E-state index in [0.29, 0.717) is 11.9 Å². The van der Waals surface area contributed by atoms with Crippen molar-refractivity contribution >= 4 is 0 Å². The van der Waals surface area contributed by atoms with Crippen molar-refractivity contribution in [2.24, 2.45) is 0 Å². The smallest absolute Gasteiger partial charge is 0.217 e. The van der Waals surface area contributed by atoms with Gasteiger partial charge in [0.2, 0.25) is 5.88 Å². The highest BCUT2D eigenvalue weighted by atomic mass is 16.5. The molecule has 0 saturated carbocycles. The molecule has 1 aliphatic heterocycles. The maximum Gasteiger partial charge on any atom is 0.217 e. The van der Waals surface area contributed by atoms with E-state index in [-0.39, 0.29) is 5.60 Å². The van der Waals surface area contributed by atoms with Crippen LogP contribution in [-0.4, -0.2) is 30.3 Å². The molecule has 0 aliphatic carbocycles. The fourth-order valence-electron chi connectivity index (χ4n) is 2.40. The Morgan fingerprint density at radius 3 is 3.11 bits per heavy atom. The number of pyridine rings is 1. The summed E-state index contributed by atoms with van der Waals surface area (Å²) in [7, 11) is 1.66. The molecule has 1 atom stereocenters. The Balaban J connectivity index is 1.91. The number of hydrogen-bond acceptors (Lipinski definition) is 4. The summed E-state index contributed by atoms with van der Waals surface area (Å²) >= 11 is 0. The third kappa shape index (κ3) is 3.43. The minimum atomic E-state index is -0.0189. The van der Waals surface area contributed by atoms with Gasteiger partial charge < -0.3 is 14.8 Å². The Labute approximate surface area is 109 Å². The quantitative estimate of drug-likeness (QED) is 0.889. The summed E-state index contributed by atoms with van der Waals surface area (Å²) in [6.45, 7) is 5.91. The minimum Gasteiger partial charge on any atom is -0.481 e. The topological polar surface area (TPSA) is 43.4 Å². The zero-order valence-electron chi connectivity index (χ0n) is 11.4. The fourth-order valence-corrected chi connectivity index (χ4v) is 2.40. The molecule has 2 heterocycles. The first-order valence-electron chi connectivity index (χ1n) is 6.46. The molecule has 1 fully saturated rings. The number of aromatic nitrogens is 1. The van der Waals surface area contributed by atoms with Crippen molar-refractivity contribution in [3.05, 3.63) is 23.9 Å². The number of methoxy groups -OCH3 is 1. The second-order valence-electron chi connectivity index (χ2n) is 5.35. The predicted molar refractivity (Wildman–Crippen MR) is 70.7 cm³/mol. The van der Waals surface area contributed by atoms with Crippen LogP contribution >= 0.6 is 0 Å². The summed E-state index contributed by atoms with van der Waals surface area (Å²) in [6.07, 6.45) is 3.85. The van der Waals surface area contributed by atoms with Crippen LogP contribution < -0.4 is 10.1 Å². The van der Waals surface area contributed by atoms with Gasteiger partial charge in [0.15, 0.2) is 0 Å². The van der Waals surface area contributed by atoms with Crippen molar-refractivity contribution in [1.82, 2.24) is 10.3 Å². The lowest BCUT2D eigenvalue weighted by Crippen LogP contribution is -2.43. The van der Waals surface area contributed by atoms with Gasteiger partial charge in [-0.2, -0.15) is 0 Å². The van der Waals surface area contributed by atoms with Gasteiger partial charge in [0, 0.05) is 31.0 Å². The van der Waals surface area contributed by atoms with Gasteiger partial charge in [0.05, 0.1) is 12.7 Å². The molecule has 4 heteroatoms. The van der Waals surface area contributed by atoms with Crippen molar-refractivity contribution in [2.75, 3.05) is 13.7 Å². The normalized spacial score (nSPS) is 22.7. The summed E-state index contributed by atoms with van der Waals surface area (Å²) in [5, 5.41) is 3.57. The third-order valence-corrected chi connectivity index (χ3v) is 3.32. The zero-order valence-corrected chi connectivity index (χ0v) is 11.4. The van der Waals surface area contributed by atoms with Crippen LogP contribution in [0, 0.1) is 0 Å². The predicted octanol–water partition coefficient (Wildman–Crippen LogP) is 2.14. The molecule has 0 radical (unpaired) electrons. The lowest BCUT2D eigenvalue weighted by atomic mass is 9.94. The van der Waals surface area contributed by atoms with Gasteiger partial charge in [-0.3, -0.25) is 0 Å². The summed E-state index contributed by atoms with van der Waals surface area (Å²) in [6, 6.07) is 4.48. The number of ether oxygens (including phenoxy) is 2. The van der Waals surface area contributed by atoms with Gasteiger partial charge in [-0.05, 0) is 32.8 Å². The van der Waals surface area contributed by atoms with Crippen molar-refractivity contribution in [3.8, 4) is 5.88 Å². The summed E-state index contributed by atoms with van der Waals surface area (Å²) < 4.78 is 11.0. The SMILES string of the molecule is COc1ncccc1CNC1CCOC(C)(C)C1. The molecule has 0 aromatic carbocycles. The largest absolute Gasteiger partial charge is 0.481 e. The first-order valence-corrected chi connectivity index (χ1v) is 6.46. The first kappa shape index (κ1) is 13.3. The molecular weight excluding hydrogens is 228 g/mol. The summed E-state index contributed by atoms with van der Waals surface area (Å²) in [5.41, 5.74) is 1.08. The maximum absolute atomic E-state index is 5.72. The molecule has 1 saturated heterocycles. The average molecular weight is 250 g/mol. The van der Waals surface area contributed by atoms with E-state index in [1.54, 1.807) is 13.3 Å². The Hall–Kier alpha value is -1.13. The Morgan fingerprint density at radius 1 is 1.56 bits per heavy atom. The lowest BCUT2D eigenvalue weighted by Gasteiger charge is -2.36. The second-order valence-corrected chi connectivity index (χ2v) is 5.35. The zero-order chi connectivity index (χ0) is 13.0. The van der Waals surface area contributed by atoms with Crippen molar-refractivity contribution in [3.63, 3.8) is 0 Å². The van der Waals surface area contributed by atoms with Crippen LogP contribution in [-0.2, 0) is 11.3 Å². The van der Waals surface area contributed by atoms with Gasteiger partial charge in [0.25, 0.3) is 0 Å². The van der Waals surface area contributed by atoms with E-state index in [2.05, 4.69) is 24.1 Å². The molecular formula is C14H22N2O2. The highest BCUT2D eigenvalue weighted by Gasteiger charge is 2.28. The van der Waals surface area contributed by atoms with Gasteiger partial charge in [-0.1, -0.05) is 6.07 Å². The van der Waals surface area contributed by atoms with E-state index in [1.165, 1.54) is 0 Å². The number of hydrogen-bond donors (Lipinski definition) is 1. The van der Waals surface area contributed by atoms with E-state index in [4.69, 9.17) is 9.47 Å². The van der Waals surface area contributed by atoms with Crippen LogP contribution in [0.25, 0.3) is 0 Å². The Bertz CT molecular complexity index is 393. The molecule has 1 N–H and O–H groups in total. The molecule has 1 aromatic heterocycles. The Kier molecular flexibility index (Phi) is 4.19. The molecule has 1 aromatic rings. The van der Waals surface area contributed by atoms with Crippen LogP contribution in [0.1, 0.15) is 32.3 Å². The first-order chi connectivity index (χ1) is 8.61. The maximum atomic E-state index is 5.72. The van der Waals surface area contributed by atoms with E-state index in [9.17, 15) is 0 Å². The van der Waals surface area contributed by atoms with Gasteiger partial charge >= 0.3 is 0 Å². The van der Waals surface area contributed by atoms with Crippen molar-refractivity contribution < 1.29 is 9.47 Å². The van der Waals surface area contributed by atoms with E-state index >= 15 is 0 Å². The van der Waals surface area contributed by atoms with E-state index < -0.39 is 0 Å². The molecule has 1 aliphatic rings. The van der Waals surface area contributed by atoms with Crippen LogP contribution in [0.4, 0.5) is 0 Å². The van der Waals surface area contributed by atoms with Crippen LogP contribution in [0.15, 0.2) is 18.3 Å². The molecule has 4 nitrogen and oxygen atoms in total. The lowest BCUT2D eigenvalue weighted by molar-refractivity contribution is -0.0630. The molecule has 2 rings (SSSR count).